The lowest BCUT2D eigenvalue weighted by Crippen LogP contribution is -2.60. The highest BCUT2D eigenvalue weighted by atomic mass is 32.1. The molecule has 2 N–H and O–H groups in total. The molecule has 3 heterocycles. The van der Waals surface area contributed by atoms with E-state index in [4.69, 9.17) is 11.2 Å². The van der Waals surface area contributed by atoms with Crippen LogP contribution in [0.4, 0.5) is 13.2 Å². The molecule has 3 fully saturated rings. The lowest BCUT2D eigenvalue weighted by atomic mass is 9.98. The minimum atomic E-state index is -5.21. The number of piperidine rings is 1. The number of aromatic nitrogens is 1. The fourth-order valence-electron chi connectivity index (χ4n) is 5.93. The molecule has 6 atom stereocenters. The number of nitriles is 1. The monoisotopic (exact) mass is 587 g/mol. The molecule has 3 aliphatic rings. The molecule has 1 aliphatic heterocycles. The molecule has 13 heteroatoms. The van der Waals surface area contributed by atoms with E-state index < -0.39 is 48.1 Å². The molecule has 2 aromatic heterocycles. The van der Waals surface area contributed by atoms with Crippen LogP contribution in [0.1, 0.15) is 50.8 Å². The molecule has 3 amide bonds. The molecule has 9 nitrogen and oxygen atoms in total. The molecule has 1 unspecified atom stereocenters. The number of carbonyl (C=O) groups excluding carboxylic acids is 3. The molecule has 2 aliphatic carbocycles. The van der Waals surface area contributed by atoms with E-state index in [1.807, 2.05) is 13.8 Å². The summed E-state index contributed by atoms with van der Waals surface area (Å²) in [6.07, 6.45) is 3.62. The van der Waals surface area contributed by atoms with E-state index >= 15 is 0 Å². The summed E-state index contributed by atoms with van der Waals surface area (Å²) in [7, 11) is 0. The van der Waals surface area contributed by atoms with Gasteiger partial charge in [0.1, 0.15) is 18.1 Å². The largest absolute Gasteiger partial charge is 0.471 e. The van der Waals surface area contributed by atoms with Crippen LogP contribution in [0.5, 0.6) is 0 Å². The average molecular weight is 588 g/mol. The Bertz CT molecular complexity index is 1490. The first kappa shape index (κ1) is 28.8. The number of thiophene rings is 1. The molecule has 0 bridgehead atoms. The number of hydrogen-bond acceptors (Lipinski definition) is 7. The van der Waals surface area contributed by atoms with E-state index in [1.165, 1.54) is 29.4 Å². The van der Waals surface area contributed by atoms with Gasteiger partial charge in [0.25, 0.3) is 0 Å². The second kappa shape index (κ2) is 10.3. The van der Waals surface area contributed by atoms with Crippen molar-refractivity contribution in [2.75, 3.05) is 6.54 Å². The number of hydrogen-bond donors (Lipinski definition) is 2. The highest BCUT2D eigenvalue weighted by Crippen LogP contribution is 2.65. The van der Waals surface area contributed by atoms with Gasteiger partial charge in [-0.3, -0.25) is 19.4 Å². The molecule has 2 aromatic rings. The number of nitrogens with one attached hydrogen (secondary N) is 2. The number of carbonyl (C=O) groups is 3. The van der Waals surface area contributed by atoms with Gasteiger partial charge in [-0.25, -0.2) is 0 Å². The van der Waals surface area contributed by atoms with Crippen molar-refractivity contribution >= 4 is 39.1 Å². The Morgan fingerprint density at radius 1 is 1.27 bits per heavy atom. The van der Waals surface area contributed by atoms with Crippen molar-refractivity contribution in [1.29, 1.82) is 5.26 Å². The minimum Gasteiger partial charge on any atom is -0.373 e. The highest BCUT2D eigenvalue weighted by Gasteiger charge is 2.69. The summed E-state index contributed by atoms with van der Waals surface area (Å²) in [4.78, 5) is 44.8. The van der Waals surface area contributed by atoms with Crippen LogP contribution in [0.25, 0.3) is 10.1 Å². The number of fused-ring (bicyclic) bond motifs is 2. The second-order valence-corrected chi connectivity index (χ2v) is 12.3. The zero-order valence-corrected chi connectivity index (χ0v) is 23.3. The SMILES string of the molecule is C#Cc1csc2cncc(C(C#N)NC(=O)[C@@H]3[C@@H]4[C@H](CN3C(=O)[C@@H](NC(=O)C(F)(F)F)[C@@H](C)OC3CC3)C4(C)C)c12. The summed E-state index contributed by atoms with van der Waals surface area (Å²) >= 11 is 1.35. The van der Waals surface area contributed by atoms with Crippen LogP contribution in [0.3, 0.4) is 0 Å². The van der Waals surface area contributed by atoms with Crippen LogP contribution < -0.4 is 10.6 Å². The van der Waals surface area contributed by atoms with Gasteiger partial charge in [-0.05, 0) is 37.0 Å². The number of ether oxygens (including phenoxy) is 1. The van der Waals surface area contributed by atoms with E-state index in [0.29, 0.717) is 29.4 Å². The van der Waals surface area contributed by atoms with Crippen molar-refractivity contribution in [2.24, 2.45) is 17.3 Å². The first-order valence-corrected chi connectivity index (χ1v) is 14.0. The van der Waals surface area contributed by atoms with Crippen molar-refractivity contribution in [2.45, 2.75) is 70.1 Å². The predicted octanol–water partition coefficient (Wildman–Crippen LogP) is 3.06. The standard InChI is InChI=1S/C28H28F3N5O4S/c1-5-14-12-41-19-10-33-9-16(20(14)19)18(8-32)34-24(37)23-21-17(27(21,3)4)11-36(23)25(38)22(13(2)40-15-6-7-15)35-26(39)28(29,30)31/h1,9-10,12-13,15,17-18,21-23H,6-7,11H2,2-4H3,(H,34,37)(H,35,39)/t13-,17+,18?,21+,22+,23+/m1/s1. The van der Waals surface area contributed by atoms with E-state index in [1.54, 1.807) is 16.9 Å². The van der Waals surface area contributed by atoms with Crippen LogP contribution in [0.2, 0.25) is 0 Å². The first-order chi connectivity index (χ1) is 19.3. The first-order valence-electron chi connectivity index (χ1n) is 13.1. The smallest absolute Gasteiger partial charge is 0.373 e. The fraction of sp³-hybridized carbons (Fsp3) is 0.536. The third kappa shape index (κ3) is 5.24. The number of alkyl halides is 3. The van der Waals surface area contributed by atoms with Crippen LogP contribution in [0, 0.1) is 40.9 Å². The molecule has 0 spiro atoms. The average Bonchev–Trinajstić information content (AvgIpc) is 3.67. The Balaban J connectivity index is 1.43. The number of terminal acetylenes is 1. The molecule has 2 saturated carbocycles. The number of likely N-dealkylation sites (tertiary alicyclic amines) is 1. The van der Waals surface area contributed by atoms with Crippen LogP contribution in [-0.4, -0.2) is 64.6 Å². The topological polar surface area (TPSA) is 124 Å². The lowest BCUT2D eigenvalue weighted by molar-refractivity contribution is -0.176. The van der Waals surface area contributed by atoms with Crippen LogP contribution in [0.15, 0.2) is 17.8 Å². The third-order valence-corrected chi connectivity index (χ3v) is 9.28. The molecule has 41 heavy (non-hydrogen) atoms. The maximum atomic E-state index is 13.8. The Labute approximate surface area is 238 Å². The summed E-state index contributed by atoms with van der Waals surface area (Å²) in [5.41, 5.74) is 0.635. The van der Waals surface area contributed by atoms with E-state index in [9.17, 15) is 32.8 Å². The fourth-order valence-corrected chi connectivity index (χ4v) is 6.83. The lowest BCUT2D eigenvalue weighted by Gasteiger charge is -2.35. The predicted molar refractivity (Wildman–Crippen MR) is 142 cm³/mol. The molecular weight excluding hydrogens is 559 g/mol. The van der Waals surface area contributed by atoms with Crippen molar-refractivity contribution in [3.63, 3.8) is 0 Å². The summed E-state index contributed by atoms with van der Waals surface area (Å²) in [6, 6.07) is -1.82. The zero-order valence-electron chi connectivity index (χ0n) is 22.5. The zero-order chi connectivity index (χ0) is 29.9. The Morgan fingerprint density at radius 2 is 1.98 bits per heavy atom. The van der Waals surface area contributed by atoms with Crippen LogP contribution >= 0.6 is 11.3 Å². The summed E-state index contributed by atoms with van der Waals surface area (Å²) in [5, 5.41) is 16.9. The number of nitrogens with zero attached hydrogens (tertiary/aromatic N) is 3. The molecule has 0 radical (unpaired) electrons. The number of pyridine rings is 1. The van der Waals surface area contributed by atoms with Crippen molar-refractivity contribution in [1.82, 2.24) is 20.5 Å². The molecule has 1 saturated heterocycles. The Morgan fingerprint density at radius 3 is 2.59 bits per heavy atom. The molecule has 216 valence electrons. The maximum absolute atomic E-state index is 13.8. The normalized spacial score (nSPS) is 24.9. The van der Waals surface area contributed by atoms with Crippen molar-refractivity contribution in [3.05, 3.63) is 28.9 Å². The van der Waals surface area contributed by atoms with Gasteiger partial charge >= 0.3 is 12.1 Å². The van der Waals surface area contributed by atoms with Gasteiger partial charge in [0.2, 0.25) is 11.8 Å². The van der Waals surface area contributed by atoms with Gasteiger partial charge in [-0.15, -0.1) is 17.8 Å². The maximum Gasteiger partial charge on any atom is 0.471 e. The molecular formula is C28H28F3N5O4S. The Hall–Kier alpha value is -3.68. The quantitative estimate of drug-likeness (QED) is 0.458. The van der Waals surface area contributed by atoms with Gasteiger partial charge in [0.15, 0.2) is 0 Å². The van der Waals surface area contributed by atoms with Gasteiger partial charge in [-0.2, -0.15) is 18.4 Å². The molecule has 0 aromatic carbocycles. The van der Waals surface area contributed by atoms with Crippen LogP contribution in [-0.2, 0) is 19.1 Å². The number of amides is 3. The summed E-state index contributed by atoms with van der Waals surface area (Å²) in [6.45, 7) is 5.44. The number of halogens is 3. The van der Waals surface area contributed by atoms with Crippen molar-refractivity contribution < 1.29 is 32.3 Å². The minimum absolute atomic E-state index is 0.0867. The Kier molecular flexibility index (Phi) is 7.24. The van der Waals surface area contributed by atoms with Gasteiger partial charge < -0.3 is 20.3 Å². The highest BCUT2D eigenvalue weighted by molar-refractivity contribution is 7.17. The van der Waals surface area contributed by atoms with E-state index in [-0.39, 0.29) is 29.9 Å². The number of rotatable bonds is 8. The van der Waals surface area contributed by atoms with Gasteiger partial charge in [0.05, 0.1) is 23.0 Å². The molecule has 5 rings (SSSR count). The van der Waals surface area contributed by atoms with E-state index in [0.717, 1.165) is 4.70 Å². The van der Waals surface area contributed by atoms with Gasteiger partial charge in [0, 0.05) is 40.8 Å². The second-order valence-electron chi connectivity index (χ2n) is 11.3. The van der Waals surface area contributed by atoms with Gasteiger partial charge in [-0.1, -0.05) is 19.8 Å². The van der Waals surface area contributed by atoms with E-state index in [2.05, 4.69) is 22.3 Å². The third-order valence-electron chi connectivity index (χ3n) is 8.37. The van der Waals surface area contributed by atoms with Crippen molar-refractivity contribution in [3.8, 4) is 18.4 Å². The summed E-state index contributed by atoms with van der Waals surface area (Å²) in [5.74, 6) is -1.55. The summed E-state index contributed by atoms with van der Waals surface area (Å²) < 4.78 is 45.9.